The second kappa shape index (κ2) is 4.53. The molecular weight excluding hydrogens is 202 g/mol. The average molecular weight is 219 g/mol. The van der Waals surface area contributed by atoms with Crippen LogP contribution in [0.2, 0.25) is 0 Å². The van der Waals surface area contributed by atoms with Crippen LogP contribution in [-0.2, 0) is 13.2 Å². The Bertz CT molecular complexity index is 456. The monoisotopic (exact) mass is 219 g/mol. The van der Waals surface area contributed by atoms with Gasteiger partial charge in [-0.25, -0.2) is 4.98 Å². The van der Waals surface area contributed by atoms with Crippen LogP contribution in [0.1, 0.15) is 31.1 Å². The highest BCUT2D eigenvalue weighted by Gasteiger charge is 2.05. The van der Waals surface area contributed by atoms with Crippen LogP contribution < -0.4 is 0 Å². The molecule has 0 saturated carbocycles. The highest BCUT2D eigenvalue weighted by Crippen LogP contribution is 2.11. The molecule has 1 N–H and O–H groups in total. The number of nitrogens with zero attached hydrogens (tertiary/aromatic N) is 3. The summed E-state index contributed by atoms with van der Waals surface area (Å²) in [4.78, 5) is 4.17. The van der Waals surface area contributed by atoms with Gasteiger partial charge in [0, 0.05) is 24.6 Å². The van der Waals surface area contributed by atoms with Crippen LogP contribution in [0.15, 0.2) is 31.0 Å². The van der Waals surface area contributed by atoms with Crippen molar-refractivity contribution in [1.82, 2.24) is 14.1 Å². The van der Waals surface area contributed by atoms with Crippen LogP contribution in [-0.4, -0.2) is 19.2 Å². The van der Waals surface area contributed by atoms with E-state index in [1.54, 1.807) is 0 Å². The third-order valence-corrected chi connectivity index (χ3v) is 2.64. The third-order valence-electron chi connectivity index (χ3n) is 2.64. The lowest BCUT2D eigenvalue weighted by atomic mass is 10.3. The molecule has 86 valence electrons. The van der Waals surface area contributed by atoms with Gasteiger partial charge in [0.15, 0.2) is 0 Å². The van der Waals surface area contributed by atoms with Gasteiger partial charge in [-0.15, -0.1) is 0 Å². The molecule has 0 aliphatic carbocycles. The summed E-state index contributed by atoms with van der Waals surface area (Å²) in [6.45, 7) is 5.16. The van der Waals surface area contributed by atoms with E-state index in [0.29, 0.717) is 6.04 Å². The first kappa shape index (κ1) is 11.0. The maximum Gasteiger partial charge on any atom is 0.0951 e. The first-order valence-electron chi connectivity index (χ1n) is 5.47. The first-order valence-corrected chi connectivity index (χ1v) is 5.47. The van der Waals surface area contributed by atoms with Crippen molar-refractivity contribution in [2.75, 3.05) is 0 Å². The number of aromatic nitrogens is 3. The molecule has 0 spiro atoms. The van der Waals surface area contributed by atoms with Crippen molar-refractivity contribution >= 4 is 0 Å². The molecule has 0 amide bonds. The molecule has 0 bridgehead atoms. The second-order valence-corrected chi connectivity index (χ2v) is 4.24. The minimum absolute atomic E-state index is 0.0937. The topological polar surface area (TPSA) is 43.0 Å². The van der Waals surface area contributed by atoms with Crippen LogP contribution in [0.3, 0.4) is 0 Å². The number of rotatable bonds is 4. The molecular formula is C12H17N3O. The van der Waals surface area contributed by atoms with Gasteiger partial charge in [0.2, 0.25) is 0 Å². The molecule has 0 fully saturated rings. The largest absolute Gasteiger partial charge is 0.392 e. The van der Waals surface area contributed by atoms with Crippen LogP contribution in [0.5, 0.6) is 0 Å². The van der Waals surface area contributed by atoms with E-state index in [4.69, 9.17) is 5.11 Å². The SMILES string of the molecule is CC(C)n1cncc1Cn1ccc(CO)c1. The van der Waals surface area contributed by atoms with E-state index in [1.165, 1.54) is 5.69 Å². The maximum absolute atomic E-state index is 8.99. The Hall–Kier alpha value is -1.55. The summed E-state index contributed by atoms with van der Waals surface area (Å²) in [6, 6.07) is 2.35. The fourth-order valence-corrected chi connectivity index (χ4v) is 1.79. The van der Waals surface area contributed by atoms with Crippen LogP contribution in [0.25, 0.3) is 0 Å². The number of aliphatic hydroxyl groups excluding tert-OH is 1. The van der Waals surface area contributed by atoms with Gasteiger partial charge in [-0.1, -0.05) is 0 Å². The lowest BCUT2D eigenvalue weighted by molar-refractivity contribution is 0.281. The molecule has 2 aromatic rings. The third kappa shape index (κ3) is 2.17. The van der Waals surface area contributed by atoms with Crippen molar-refractivity contribution in [3.05, 3.63) is 42.2 Å². The second-order valence-electron chi connectivity index (χ2n) is 4.24. The van der Waals surface area contributed by atoms with E-state index >= 15 is 0 Å². The quantitative estimate of drug-likeness (QED) is 0.852. The van der Waals surface area contributed by atoms with Gasteiger partial charge in [-0.2, -0.15) is 0 Å². The number of hydrogen-bond donors (Lipinski definition) is 1. The molecule has 0 aliphatic rings. The molecule has 0 unspecified atom stereocenters. The summed E-state index contributed by atoms with van der Waals surface area (Å²) in [5, 5.41) is 8.99. The molecule has 16 heavy (non-hydrogen) atoms. The summed E-state index contributed by atoms with van der Waals surface area (Å²) in [5.74, 6) is 0. The molecule has 0 saturated heterocycles. The summed E-state index contributed by atoms with van der Waals surface area (Å²) >= 11 is 0. The van der Waals surface area contributed by atoms with Gasteiger partial charge in [0.05, 0.1) is 25.2 Å². The molecule has 2 rings (SSSR count). The van der Waals surface area contributed by atoms with Crippen molar-refractivity contribution in [1.29, 1.82) is 0 Å². The Morgan fingerprint density at radius 3 is 2.88 bits per heavy atom. The van der Waals surface area contributed by atoms with Crippen molar-refractivity contribution in [2.45, 2.75) is 33.0 Å². The zero-order chi connectivity index (χ0) is 11.5. The Morgan fingerprint density at radius 1 is 1.44 bits per heavy atom. The van der Waals surface area contributed by atoms with Crippen molar-refractivity contribution in [3.8, 4) is 0 Å². The van der Waals surface area contributed by atoms with E-state index in [0.717, 1.165) is 12.1 Å². The van der Waals surface area contributed by atoms with Gasteiger partial charge in [0.1, 0.15) is 0 Å². The van der Waals surface area contributed by atoms with Crippen LogP contribution in [0, 0.1) is 0 Å². The van der Waals surface area contributed by atoms with Gasteiger partial charge in [-0.05, 0) is 25.5 Å². The molecule has 0 aliphatic heterocycles. The lowest BCUT2D eigenvalue weighted by Crippen LogP contribution is -2.07. The van der Waals surface area contributed by atoms with Crippen molar-refractivity contribution in [3.63, 3.8) is 0 Å². The maximum atomic E-state index is 8.99. The van der Waals surface area contributed by atoms with Crippen molar-refractivity contribution < 1.29 is 5.11 Å². The van der Waals surface area contributed by atoms with Gasteiger partial charge >= 0.3 is 0 Å². The highest BCUT2D eigenvalue weighted by atomic mass is 16.3. The number of imidazole rings is 1. The Balaban J connectivity index is 2.17. The predicted octanol–water partition coefficient (Wildman–Crippen LogP) is 1.81. The Morgan fingerprint density at radius 2 is 2.25 bits per heavy atom. The average Bonchev–Trinajstić information content (AvgIpc) is 2.87. The summed E-state index contributed by atoms with van der Waals surface area (Å²) < 4.78 is 4.21. The molecule has 4 heteroatoms. The van der Waals surface area contributed by atoms with Crippen molar-refractivity contribution in [2.24, 2.45) is 0 Å². The van der Waals surface area contributed by atoms with Gasteiger partial charge in [0.25, 0.3) is 0 Å². The minimum Gasteiger partial charge on any atom is -0.392 e. The number of hydrogen-bond acceptors (Lipinski definition) is 2. The molecule has 0 atom stereocenters. The normalized spacial score (nSPS) is 11.2. The Kier molecular flexibility index (Phi) is 3.10. The summed E-state index contributed by atoms with van der Waals surface area (Å²) in [6.07, 6.45) is 7.68. The van der Waals surface area contributed by atoms with Gasteiger partial charge < -0.3 is 14.2 Å². The summed E-state index contributed by atoms with van der Waals surface area (Å²) in [5.41, 5.74) is 2.12. The standard InChI is InChI=1S/C12H17N3O/c1-10(2)15-9-13-5-12(15)7-14-4-3-11(6-14)8-16/h3-6,9-10,16H,7-8H2,1-2H3. The van der Waals surface area contributed by atoms with E-state index in [2.05, 4.69) is 28.0 Å². The Labute approximate surface area is 95.2 Å². The predicted molar refractivity (Wildman–Crippen MR) is 62.1 cm³/mol. The molecule has 0 aromatic carbocycles. The molecule has 2 heterocycles. The van der Waals surface area contributed by atoms with E-state index in [-0.39, 0.29) is 6.61 Å². The van der Waals surface area contributed by atoms with Gasteiger partial charge in [-0.3, -0.25) is 0 Å². The first-order chi connectivity index (χ1) is 7.70. The fourth-order valence-electron chi connectivity index (χ4n) is 1.79. The molecule has 0 radical (unpaired) electrons. The van der Waals surface area contributed by atoms with E-state index < -0.39 is 0 Å². The minimum atomic E-state index is 0.0937. The van der Waals surface area contributed by atoms with E-state index in [9.17, 15) is 0 Å². The highest BCUT2D eigenvalue weighted by molar-refractivity contribution is 5.11. The number of aliphatic hydroxyl groups is 1. The zero-order valence-corrected chi connectivity index (χ0v) is 9.67. The molecule has 2 aromatic heterocycles. The zero-order valence-electron chi connectivity index (χ0n) is 9.67. The lowest BCUT2D eigenvalue weighted by Gasteiger charge is -2.12. The van der Waals surface area contributed by atoms with Crippen LogP contribution in [0.4, 0.5) is 0 Å². The van der Waals surface area contributed by atoms with E-state index in [1.807, 2.05) is 31.0 Å². The summed E-state index contributed by atoms with van der Waals surface area (Å²) in [7, 11) is 0. The molecule has 4 nitrogen and oxygen atoms in total. The fraction of sp³-hybridized carbons (Fsp3) is 0.417. The smallest absolute Gasteiger partial charge is 0.0951 e. The van der Waals surface area contributed by atoms with Crippen LogP contribution >= 0.6 is 0 Å².